The first-order valence-electron chi connectivity index (χ1n) is 6.10. The molecular formula is C14H12Br2N4. The normalized spacial score (nSPS) is 10.9. The van der Waals surface area contributed by atoms with Gasteiger partial charge < -0.3 is 9.72 Å². The van der Waals surface area contributed by atoms with Gasteiger partial charge in [0.25, 0.3) is 0 Å². The molecule has 102 valence electrons. The van der Waals surface area contributed by atoms with Crippen LogP contribution in [-0.2, 0) is 6.54 Å². The Morgan fingerprint density at radius 1 is 1.15 bits per heavy atom. The highest BCUT2D eigenvalue weighted by Crippen LogP contribution is 2.29. The summed E-state index contributed by atoms with van der Waals surface area (Å²) < 4.78 is 3.89. The van der Waals surface area contributed by atoms with Crippen molar-refractivity contribution >= 4 is 43.2 Å². The molecule has 0 aliphatic carbocycles. The SMILES string of the molecule is Cc1ccc2nc(CNc3c(Br)cncc3Br)cn2c1. The van der Waals surface area contributed by atoms with Gasteiger partial charge in [0.2, 0.25) is 0 Å². The van der Waals surface area contributed by atoms with Gasteiger partial charge in [0.1, 0.15) is 5.65 Å². The van der Waals surface area contributed by atoms with Gasteiger partial charge in [-0.1, -0.05) is 6.07 Å². The molecule has 3 heterocycles. The zero-order valence-electron chi connectivity index (χ0n) is 10.8. The van der Waals surface area contributed by atoms with Crippen LogP contribution in [-0.4, -0.2) is 14.4 Å². The smallest absolute Gasteiger partial charge is 0.137 e. The summed E-state index contributed by atoms with van der Waals surface area (Å²) in [5.74, 6) is 0. The van der Waals surface area contributed by atoms with Gasteiger partial charge in [0, 0.05) is 24.8 Å². The van der Waals surface area contributed by atoms with Crippen LogP contribution in [0.5, 0.6) is 0 Å². The Morgan fingerprint density at radius 2 is 1.90 bits per heavy atom. The first-order valence-corrected chi connectivity index (χ1v) is 7.69. The number of pyridine rings is 2. The fraction of sp³-hybridized carbons (Fsp3) is 0.143. The lowest BCUT2D eigenvalue weighted by Crippen LogP contribution is -2.01. The second-order valence-corrected chi connectivity index (χ2v) is 6.24. The molecule has 1 N–H and O–H groups in total. The minimum absolute atomic E-state index is 0.655. The van der Waals surface area contributed by atoms with Gasteiger partial charge in [0.15, 0.2) is 0 Å². The summed E-state index contributed by atoms with van der Waals surface area (Å²) >= 11 is 6.97. The summed E-state index contributed by atoms with van der Waals surface area (Å²) in [4.78, 5) is 8.67. The van der Waals surface area contributed by atoms with Gasteiger partial charge in [-0.15, -0.1) is 0 Å². The summed E-state index contributed by atoms with van der Waals surface area (Å²) in [7, 11) is 0. The van der Waals surface area contributed by atoms with Crippen LogP contribution >= 0.6 is 31.9 Å². The third-order valence-electron chi connectivity index (χ3n) is 2.95. The van der Waals surface area contributed by atoms with E-state index in [-0.39, 0.29) is 0 Å². The summed E-state index contributed by atoms with van der Waals surface area (Å²) in [6, 6.07) is 4.09. The van der Waals surface area contributed by atoms with Gasteiger partial charge in [-0.05, 0) is 50.4 Å². The monoisotopic (exact) mass is 394 g/mol. The van der Waals surface area contributed by atoms with Crippen LogP contribution in [0.3, 0.4) is 0 Å². The molecule has 6 heteroatoms. The molecule has 0 atom stereocenters. The van der Waals surface area contributed by atoms with Crippen LogP contribution in [0.4, 0.5) is 5.69 Å². The van der Waals surface area contributed by atoms with Gasteiger partial charge in [0.05, 0.1) is 26.9 Å². The van der Waals surface area contributed by atoms with Crippen LogP contribution in [0, 0.1) is 6.92 Å². The van der Waals surface area contributed by atoms with Crippen molar-refractivity contribution in [2.75, 3.05) is 5.32 Å². The highest BCUT2D eigenvalue weighted by molar-refractivity contribution is 9.11. The van der Waals surface area contributed by atoms with Crippen molar-refractivity contribution in [1.82, 2.24) is 14.4 Å². The highest BCUT2D eigenvalue weighted by Gasteiger charge is 2.06. The maximum absolute atomic E-state index is 4.58. The van der Waals surface area contributed by atoms with E-state index in [0.717, 1.165) is 26.0 Å². The molecule has 0 bridgehead atoms. The van der Waals surface area contributed by atoms with Crippen LogP contribution in [0.25, 0.3) is 5.65 Å². The van der Waals surface area contributed by atoms with E-state index in [4.69, 9.17) is 0 Å². The van der Waals surface area contributed by atoms with E-state index in [9.17, 15) is 0 Å². The number of hydrogen-bond donors (Lipinski definition) is 1. The van der Waals surface area contributed by atoms with Gasteiger partial charge in [-0.25, -0.2) is 4.98 Å². The molecule has 0 aliphatic heterocycles. The topological polar surface area (TPSA) is 42.2 Å². The molecule has 20 heavy (non-hydrogen) atoms. The fourth-order valence-corrected chi connectivity index (χ4v) is 3.21. The molecule has 3 rings (SSSR count). The number of nitrogens with zero attached hydrogens (tertiary/aromatic N) is 3. The third kappa shape index (κ3) is 2.71. The Hall–Kier alpha value is -1.40. The van der Waals surface area contributed by atoms with Crippen molar-refractivity contribution in [3.63, 3.8) is 0 Å². The zero-order chi connectivity index (χ0) is 14.1. The van der Waals surface area contributed by atoms with E-state index in [1.165, 1.54) is 5.56 Å². The van der Waals surface area contributed by atoms with Crippen molar-refractivity contribution in [2.24, 2.45) is 0 Å². The number of halogens is 2. The standard InChI is InChI=1S/C14H12Br2N4/c1-9-2-3-13-19-10(8-20(13)7-9)4-18-14-11(15)5-17-6-12(14)16/h2-3,5-8H,4H2,1H3,(H,17,18). The average molecular weight is 396 g/mol. The Labute approximate surface area is 133 Å². The number of anilines is 1. The molecule has 4 nitrogen and oxygen atoms in total. The molecule has 0 amide bonds. The molecule has 0 aromatic carbocycles. The Bertz CT molecular complexity index is 747. The number of nitrogens with one attached hydrogen (secondary N) is 1. The van der Waals surface area contributed by atoms with E-state index in [1.807, 2.05) is 16.7 Å². The summed E-state index contributed by atoms with van der Waals surface area (Å²) in [5.41, 5.74) is 4.15. The van der Waals surface area contributed by atoms with E-state index in [2.05, 4.69) is 66.3 Å². The molecule has 0 saturated heterocycles. The van der Waals surface area contributed by atoms with Crippen LogP contribution in [0.1, 0.15) is 11.3 Å². The minimum atomic E-state index is 0.655. The van der Waals surface area contributed by atoms with E-state index < -0.39 is 0 Å². The lowest BCUT2D eigenvalue weighted by molar-refractivity contribution is 1.07. The number of aryl methyl sites for hydroxylation is 1. The molecule has 0 spiro atoms. The quantitative estimate of drug-likeness (QED) is 0.723. The van der Waals surface area contributed by atoms with Crippen LogP contribution < -0.4 is 5.32 Å². The minimum Gasteiger partial charge on any atom is -0.377 e. The fourth-order valence-electron chi connectivity index (χ4n) is 2.00. The Morgan fingerprint density at radius 3 is 2.65 bits per heavy atom. The van der Waals surface area contributed by atoms with Gasteiger partial charge in [-0.2, -0.15) is 0 Å². The molecular weight excluding hydrogens is 384 g/mol. The third-order valence-corrected chi connectivity index (χ3v) is 4.15. The Balaban J connectivity index is 1.83. The van der Waals surface area contributed by atoms with Crippen molar-refractivity contribution < 1.29 is 0 Å². The number of aromatic nitrogens is 3. The maximum Gasteiger partial charge on any atom is 0.137 e. The molecule has 0 saturated carbocycles. The number of hydrogen-bond acceptors (Lipinski definition) is 3. The molecule has 0 radical (unpaired) electrons. The lowest BCUT2D eigenvalue weighted by atomic mass is 10.3. The van der Waals surface area contributed by atoms with Crippen molar-refractivity contribution in [1.29, 1.82) is 0 Å². The van der Waals surface area contributed by atoms with Crippen LogP contribution in [0.15, 0.2) is 45.9 Å². The summed E-state index contributed by atoms with van der Waals surface area (Å²) in [6.45, 7) is 2.73. The van der Waals surface area contributed by atoms with Gasteiger partial charge in [-0.3, -0.25) is 4.98 Å². The first kappa shape index (κ1) is 13.6. The second-order valence-electron chi connectivity index (χ2n) is 4.54. The summed E-state index contributed by atoms with van der Waals surface area (Å²) in [6.07, 6.45) is 7.64. The van der Waals surface area contributed by atoms with E-state index >= 15 is 0 Å². The predicted octanol–water partition coefficient (Wildman–Crippen LogP) is 4.17. The number of fused-ring (bicyclic) bond motifs is 1. The number of imidazole rings is 1. The van der Waals surface area contributed by atoms with Crippen LogP contribution in [0.2, 0.25) is 0 Å². The molecule has 0 unspecified atom stereocenters. The largest absolute Gasteiger partial charge is 0.377 e. The molecule has 0 fully saturated rings. The molecule has 3 aromatic heterocycles. The maximum atomic E-state index is 4.58. The zero-order valence-corrected chi connectivity index (χ0v) is 13.9. The van der Waals surface area contributed by atoms with E-state index in [1.54, 1.807) is 12.4 Å². The molecule has 3 aromatic rings. The van der Waals surface area contributed by atoms with E-state index in [0.29, 0.717) is 6.54 Å². The van der Waals surface area contributed by atoms with Crippen molar-refractivity contribution in [2.45, 2.75) is 13.5 Å². The number of rotatable bonds is 3. The average Bonchev–Trinajstić information content (AvgIpc) is 2.80. The lowest BCUT2D eigenvalue weighted by Gasteiger charge is -2.08. The molecule has 0 aliphatic rings. The predicted molar refractivity (Wildman–Crippen MR) is 86.9 cm³/mol. The first-order chi connectivity index (χ1) is 9.63. The summed E-state index contributed by atoms with van der Waals surface area (Å²) in [5, 5.41) is 3.36. The van der Waals surface area contributed by atoms with Crippen molar-refractivity contribution in [3.8, 4) is 0 Å². The van der Waals surface area contributed by atoms with Gasteiger partial charge >= 0.3 is 0 Å². The second kappa shape index (κ2) is 5.54. The van der Waals surface area contributed by atoms with Crippen molar-refractivity contribution in [3.05, 3.63) is 57.1 Å². The Kier molecular flexibility index (Phi) is 3.76. The highest BCUT2D eigenvalue weighted by atomic mass is 79.9.